The summed E-state index contributed by atoms with van der Waals surface area (Å²) in [5.41, 5.74) is 10.0. The zero-order valence-electron chi connectivity index (χ0n) is 8.71. The maximum atomic E-state index is 8.07. The van der Waals surface area contributed by atoms with E-state index in [1.54, 1.807) is 19.4 Å². The maximum Gasteiger partial charge on any atom is 0.215 e. The molecule has 0 saturated carbocycles. The average molecular weight is 204 g/mol. The third-order valence-corrected chi connectivity index (χ3v) is 1.81. The van der Waals surface area contributed by atoms with Crippen LogP contribution in [0.5, 0.6) is 5.88 Å². The van der Waals surface area contributed by atoms with E-state index in [2.05, 4.69) is 15.0 Å². The van der Waals surface area contributed by atoms with Crippen molar-refractivity contribution < 1.29 is 4.74 Å². The van der Waals surface area contributed by atoms with Crippen molar-refractivity contribution in [2.45, 2.75) is 6.92 Å². The van der Waals surface area contributed by atoms with E-state index < -0.39 is 0 Å². The van der Waals surface area contributed by atoms with E-state index in [4.69, 9.17) is 10.3 Å². The molecule has 0 aliphatic carbocycles. The highest BCUT2D eigenvalue weighted by Crippen LogP contribution is 2.15. The summed E-state index contributed by atoms with van der Waals surface area (Å²) >= 11 is 0. The van der Waals surface area contributed by atoms with Crippen LogP contribution in [0.25, 0.3) is 16.5 Å². The summed E-state index contributed by atoms with van der Waals surface area (Å²) < 4.78 is 5.04. The van der Waals surface area contributed by atoms with Crippen LogP contribution in [0.3, 0.4) is 0 Å². The molecule has 0 atom stereocenters. The molecule has 0 unspecified atom stereocenters. The molecule has 0 radical (unpaired) electrons. The van der Waals surface area contributed by atoms with Crippen molar-refractivity contribution in [3.63, 3.8) is 0 Å². The molecule has 0 saturated heterocycles. The summed E-state index contributed by atoms with van der Waals surface area (Å²) in [4.78, 5) is 6.77. The first-order valence-corrected chi connectivity index (χ1v) is 4.46. The number of aromatic nitrogens is 1. The van der Waals surface area contributed by atoms with E-state index in [-0.39, 0.29) is 0 Å². The average Bonchev–Trinajstić information content (AvgIpc) is 2.25. The first-order chi connectivity index (χ1) is 7.27. The summed E-state index contributed by atoms with van der Waals surface area (Å²) in [5, 5.41) is 3.39. The highest BCUT2D eigenvalue weighted by atomic mass is 16.5. The van der Waals surface area contributed by atoms with Crippen LogP contribution in [0.2, 0.25) is 0 Å². The third-order valence-electron chi connectivity index (χ3n) is 1.81. The second-order valence-corrected chi connectivity index (χ2v) is 2.91. The van der Waals surface area contributed by atoms with Gasteiger partial charge in [-0.15, -0.1) is 0 Å². The predicted molar refractivity (Wildman–Crippen MR) is 58.6 cm³/mol. The van der Waals surface area contributed by atoms with E-state index in [1.165, 1.54) is 0 Å². The van der Waals surface area contributed by atoms with Gasteiger partial charge < -0.3 is 4.74 Å². The second-order valence-electron chi connectivity index (χ2n) is 2.91. The molecular weight excluding hydrogens is 192 g/mol. The molecule has 1 aromatic rings. The van der Waals surface area contributed by atoms with Crippen LogP contribution < -0.4 is 4.74 Å². The number of hydrogen-bond donors (Lipinski definition) is 0. The number of ether oxygens (including phenoxy) is 1. The standard InChI is InChI=1S/C10H12N4O/c1-8-6-9(4-3-5-13-14-11)7-12-10(8)15-2/h3-4,6-7H,5H2,1-2H3. The first-order valence-electron chi connectivity index (χ1n) is 4.46. The van der Waals surface area contributed by atoms with Crippen LogP contribution in [0.15, 0.2) is 23.5 Å². The van der Waals surface area contributed by atoms with Gasteiger partial charge in [-0.25, -0.2) is 4.98 Å². The van der Waals surface area contributed by atoms with Crippen LogP contribution in [0, 0.1) is 6.92 Å². The fourth-order valence-electron chi connectivity index (χ4n) is 1.16. The number of methoxy groups -OCH3 is 1. The Bertz CT molecular complexity index is 408. The minimum atomic E-state index is 0.349. The number of hydrogen-bond acceptors (Lipinski definition) is 3. The van der Waals surface area contributed by atoms with E-state index >= 15 is 0 Å². The third kappa shape index (κ3) is 3.32. The Morgan fingerprint density at radius 3 is 3.07 bits per heavy atom. The van der Waals surface area contributed by atoms with Crippen molar-refractivity contribution >= 4 is 6.08 Å². The number of aryl methyl sites for hydroxylation is 1. The van der Waals surface area contributed by atoms with Crippen molar-refractivity contribution in [2.75, 3.05) is 13.7 Å². The normalized spacial score (nSPS) is 10.0. The molecule has 5 heteroatoms. The van der Waals surface area contributed by atoms with E-state index in [0.29, 0.717) is 12.4 Å². The Morgan fingerprint density at radius 1 is 1.67 bits per heavy atom. The minimum Gasteiger partial charge on any atom is -0.481 e. The van der Waals surface area contributed by atoms with E-state index in [1.807, 2.05) is 19.1 Å². The van der Waals surface area contributed by atoms with Crippen LogP contribution in [0.4, 0.5) is 0 Å². The van der Waals surface area contributed by atoms with Crippen LogP contribution >= 0.6 is 0 Å². The fraction of sp³-hybridized carbons (Fsp3) is 0.300. The molecule has 1 heterocycles. The van der Waals surface area contributed by atoms with Crippen molar-refractivity contribution in [3.8, 4) is 5.88 Å². The number of azide groups is 1. The highest BCUT2D eigenvalue weighted by Gasteiger charge is 1.98. The summed E-state index contributed by atoms with van der Waals surface area (Å²) in [6.07, 6.45) is 5.34. The second kappa shape index (κ2) is 5.67. The smallest absolute Gasteiger partial charge is 0.215 e. The van der Waals surface area contributed by atoms with E-state index in [0.717, 1.165) is 11.1 Å². The Balaban J connectivity index is 2.75. The number of nitrogens with zero attached hydrogens (tertiary/aromatic N) is 4. The van der Waals surface area contributed by atoms with Gasteiger partial charge >= 0.3 is 0 Å². The van der Waals surface area contributed by atoms with Crippen molar-refractivity contribution in [3.05, 3.63) is 39.9 Å². The Morgan fingerprint density at radius 2 is 2.47 bits per heavy atom. The van der Waals surface area contributed by atoms with Gasteiger partial charge in [0.05, 0.1) is 7.11 Å². The summed E-state index contributed by atoms with van der Waals surface area (Å²) in [5.74, 6) is 0.627. The lowest BCUT2D eigenvalue weighted by Crippen LogP contribution is -1.91. The number of pyridine rings is 1. The summed E-state index contributed by atoms with van der Waals surface area (Å²) in [7, 11) is 1.59. The van der Waals surface area contributed by atoms with Gasteiger partial charge in [-0.2, -0.15) is 0 Å². The molecule has 5 nitrogen and oxygen atoms in total. The Kier molecular flexibility index (Phi) is 4.19. The molecule has 0 aliphatic heterocycles. The van der Waals surface area contributed by atoms with Gasteiger partial charge in [-0.3, -0.25) is 0 Å². The molecule has 0 aliphatic rings. The van der Waals surface area contributed by atoms with Gasteiger partial charge in [0, 0.05) is 23.2 Å². The van der Waals surface area contributed by atoms with Gasteiger partial charge in [-0.1, -0.05) is 17.3 Å². The van der Waals surface area contributed by atoms with E-state index in [9.17, 15) is 0 Å². The topological polar surface area (TPSA) is 70.9 Å². The zero-order chi connectivity index (χ0) is 11.1. The molecule has 0 aromatic carbocycles. The zero-order valence-corrected chi connectivity index (χ0v) is 8.71. The summed E-state index contributed by atoms with van der Waals surface area (Å²) in [6.45, 7) is 2.28. The Labute approximate surface area is 88.0 Å². The van der Waals surface area contributed by atoms with Crippen LogP contribution in [-0.2, 0) is 0 Å². The van der Waals surface area contributed by atoms with Gasteiger partial charge in [-0.05, 0) is 24.1 Å². The molecule has 78 valence electrons. The van der Waals surface area contributed by atoms with Gasteiger partial charge in [0.25, 0.3) is 0 Å². The SMILES string of the molecule is COc1ncc(C=CCN=[N+]=[N-])cc1C. The first kappa shape index (κ1) is 11.1. The lowest BCUT2D eigenvalue weighted by atomic mass is 10.2. The van der Waals surface area contributed by atoms with Gasteiger partial charge in [0.1, 0.15) is 0 Å². The fourth-order valence-corrected chi connectivity index (χ4v) is 1.16. The maximum absolute atomic E-state index is 8.07. The Hall–Kier alpha value is -2.00. The van der Waals surface area contributed by atoms with Gasteiger partial charge in [0.15, 0.2) is 0 Å². The predicted octanol–water partition coefficient (Wildman–Crippen LogP) is 2.72. The molecule has 0 amide bonds. The molecule has 0 fully saturated rings. The van der Waals surface area contributed by atoms with Crippen LogP contribution in [-0.4, -0.2) is 18.6 Å². The van der Waals surface area contributed by atoms with Crippen molar-refractivity contribution in [1.82, 2.24) is 4.98 Å². The minimum absolute atomic E-state index is 0.349. The molecule has 1 rings (SSSR count). The molecule has 1 aromatic heterocycles. The van der Waals surface area contributed by atoms with Gasteiger partial charge in [0.2, 0.25) is 5.88 Å². The van der Waals surface area contributed by atoms with Crippen LogP contribution in [0.1, 0.15) is 11.1 Å². The molecule has 0 N–H and O–H groups in total. The molecular formula is C10H12N4O. The quantitative estimate of drug-likeness (QED) is 0.429. The summed E-state index contributed by atoms with van der Waals surface area (Å²) in [6, 6.07) is 1.96. The van der Waals surface area contributed by atoms with Crippen molar-refractivity contribution in [2.24, 2.45) is 5.11 Å². The lowest BCUT2D eigenvalue weighted by Gasteiger charge is -2.02. The van der Waals surface area contributed by atoms with Crippen molar-refractivity contribution in [1.29, 1.82) is 0 Å². The lowest BCUT2D eigenvalue weighted by molar-refractivity contribution is 0.394. The molecule has 0 spiro atoms. The highest BCUT2D eigenvalue weighted by molar-refractivity contribution is 5.50. The molecule has 0 bridgehead atoms. The number of rotatable bonds is 4. The largest absolute Gasteiger partial charge is 0.481 e. The monoisotopic (exact) mass is 204 g/mol. The molecule has 15 heavy (non-hydrogen) atoms.